The number of allylic oxidation sites excluding steroid dienone is 2. The van der Waals surface area contributed by atoms with Crippen LogP contribution in [0.4, 0.5) is 0 Å². The SMILES string of the molecule is O=C(C[C@@H](CCCN1C(=O)c2ccccc2C1=O)C(=O)O)c1ccc2c(c1)CC1=C2CCCC1. The van der Waals surface area contributed by atoms with Crippen LogP contribution in [-0.4, -0.2) is 40.1 Å². The molecule has 0 radical (unpaired) electrons. The number of rotatable bonds is 8. The molecule has 1 aliphatic heterocycles. The Morgan fingerprint density at radius 1 is 0.941 bits per heavy atom. The summed E-state index contributed by atoms with van der Waals surface area (Å²) in [5.74, 6) is -2.77. The number of carboxylic acids is 1. The molecule has 0 bridgehead atoms. The number of carboxylic acid groups (broad SMARTS) is 1. The Balaban J connectivity index is 1.20. The van der Waals surface area contributed by atoms with E-state index in [-0.39, 0.29) is 37.0 Å². The van der Waals surface area contributed by atoms with E-state index in [1.54, 1.807) is 24.3 Å². The van der Waals surface area contributed by atoms with Crippen molar-refractivity contribution < 1.29 is 24.3 Å². The number of hydrogen-bond acceptors (Lipinski definition) is 4. The predicted molar refractivity (Wildman–Crippen MR) is 127 cm³/mol. The fourth-order valence-corrected chi connectivity index (χ4v) is 5.52. The molecule has 0 unspecified atom stereocenters. The highest BCUT2D eigenvalue weighted by Crippen LogP contribution is 2.41. The number of carbonyl (C=O) groups is 4. The number of hydrogen-bond donors (Lipinski definition) is 1. The standard InChI is InChI=1S/C28H27NO5/c30-25(18-11-12-22-20(15-18)14-17-6-1-2-8-21(17)22)16-19(28(33)34)7-5-13-29-26(31)23-9-3-4-10-24(23)27(29)32/h3-4,9-12,15,19H,1-2,5-8,13-14,16H2,(H,33,34)/t19-/m1/s1. The minimum absolute atomic E-state index is 0.0939. The molecule has 0 aromatic heterocycles. The molecule has 5 rings (SSSR count). The molecule has 2 amide bonds. The highest BCUT2D eigenvalue weighted by molar-refractivity contribution is 6.21. The summed E-state index contributed by atoms with van der Waals surface area (Å²) in [4.78, 5) is 51.0. The van der Waals surface area contributed by atoms with Crippen molar-refractivity contribution in [2.75, 3.05) is 6.54 Å². The Hall–Kier alpha value is -3.54. The van der Waals surface area contributed by atoms with Crippen molar-refractivity contribution in [2.45, 2.75) is 51.4 Å². The smallest absolute Gasteiger partial charge is 0.306 e. The molecule has 1 heterocycles. The Bertz CT molecular complexity index is 1210. The average molecular weight is 458 g/mol. The van der Waals surface area contributed by atoms with Crippen LogP contribution in [0.25, 0.3) is 5.57 Å². The number of aliphatic carboxylic acids is 1. The Morgan fingerprint density at radius 2 is 1.65 bits per heavy atom. The van der Waals surface area contributed by atoms with Crippen molar-refractivity contribution >= 4 is 29.1 Å². The maximum atomic E-state index is 13.0. The van der Waals surface area contributed by atoms with Crippen molar-refractivity contribution in [3.63, 3.8) is 0 Å². The summed E-state index contributed by atoms with van der Waals surface area (Å²) >= 11 is 0. The first kappa shape index (κ1) is 22.3. The van der Waals surface area contributed by atoms with Gasteiger partial charge >= 0.3 is 5.97 Å². The lowest BCUT2D eigenvalue weighted by molar-refractivity contribution is -0.141. The summed E-state index contributed by atoms with van der Waals surface area (Å²) < 4.78 is 0. The zero-order valence-electron chi connectivity index (χ0n) is 19.0. The van der Waals surface area contributed by atoms with Gasteiger partial charge in [-0.2, -0.15) is 0 Å². The van der Waals surface area contributed by atoms with Crippen LogP contribution >= 0.6 is 0 Å². The van der Waals surface area contributed by atoms with Crippen LogP contribution in [0, 0.1) is 5.92 Å². The molecule has 1 N–H and O–H groups in total. The summed E-state index contributed by atoms with van der Waals surface area (Å²) in [7, 11) is 0. The van der Waals surface area contributed by atoms with Crippen molar-refractivity contribution in [3.05, 3.63) is 75.9 Å². The summed E-state index contributed by atoms with van der Waals surface area (Å²) in [5.41, 5.74) is 6.68. The highest BCUT2D eigenvalue weighted by Gasteiger charge is 2.35. The normalized spacial score (nSPS) is 17.5. The van der Waals surface area contributed by atoms with Gasteiger partial charge in [-0.1, -0.05) is 29.8 Å². The predicted octanol–water partition coefficient (Wildman–Crippen LogP) is 4.92. The van der Waals surface area contributed by atoms with Gasteiger partial charge in [-0.05, 0) is 79.8 Å². The van der Waals surface area contributed by atoms with Crippen LogP contribution in [0.3, 0.4) is 0 Å². The fraction of sp³-hybridized carbons (Fsp3) is 0.357. The summed E-state index contributed by atoms with van der Waals surface area (Å²) in [6.45, 7) is 0.139. The molecule has 6 heteroatoms. The van der Waals surface area contributed by atoms with Crippen molar-refractivity contribution in [2.24, 2.45) is 5.92 Å². The van der Waals surface area contributed by atoms with Gasteiger partial charge in [0.2, 0.25) is 0 Å². The number of benzene rings is 2. The summed E-state index contributed by atoms with van der Waals surface area (Å²) in [5, 5.41) is 9.70. The van der Waals surface area contributed by atoms with Gasteiger partial charge in [-0.3, -0.25) is 24.1 Å². The average Bonchev–Trinajstić information content (AvgIpc) is 3.33. The van der Waals surface area contributed by atoms with E-state index >= 15 is 0 Å². The topological polar surface area (TPSA) is 91.8 Å². The minimum Gasteiger partial charge on any atom is -0.481 e. The third-order valence-electron chi connectivity index (χ3n) is 7.33. The largest absolute Gasteiger partial charge is 0.481 e. The quantitative estimate of drug-likeness (QED) is 0.449. The van der Waals surface area contributed by atoms with E-state index in [1.807, 2.05) is 18.2 Å². The molecule has 2 aromatic carbocycles. The highest BCUT2D eigenvalue weighted by atomic mass is 16.4. The first-order chi connectivity index (χ1) is 16.4. The van der Waals surface area contributed by atoms with Gasteiger partial charge in [-0.15, -0.1) is 0 Å². The molecular weight excluding hydrogens is 430 g/mol. The third kappa shape index (κ3) is 3.98. The Morgan fingerprint density at radius 3 is 2.35 bits per heavy atom. The summed E-state index contributed by atoms with van der Waals surface area (Å²) in [6, 6.07) is 12.5. The van der Waals surface area contributed by atoms with Crippen molar-refractivity contribution in [1.29, 1.82) is 0 Å². The summed E-state index contributed by atoms with van der Waals surface area (Å²) in [6.07, 6.45) is 6.01. The Kier molecular flexibility index (Phi) is 5.90. The van der Waals surface area contributed by atoms with Crippen molar-refractivity contribution in [1.82, 2.24) is 4.90 Å². The van der Waals surface area contributed by atoms with Crippen LogP contribution in [0.2, 0.25) is 0 Å². The van der Waals surface area contributed by atoms with Gasteiger partial charge in [0, 0.05) is 18.5 Å². The number of carbonyl (C=O) groups excluding carboxylic acids is 3. The van der Waals surface area contributed by atoms with E-state index in [2.05, 4.69) is 0 Å². The second-order valence-electron chi connectivity index (χ2n) is 9.45. The molecule has 34 heavy (non-hydrogen) atoms. The molecule has 2 aromatic rings. The minimum atomic E-state index is -1.03. The third-order valence-corrected chi connectivity index (χ3v) is 7.33. The lowest BCUT2D eigenvalue weighted by atomic mass is 9.91. The molecule has 1 atom stereocenters. The molecule has 174 valence electrons. The van der Waals surface area contributed by atoms with Gasteiger partial charge in [0.1, 0.15) is 0 Å². The van der Waals surface area contributed by atoms with Crippen LogP contribution in [0.1, 0.15) is 87.1 Å². The second kappa shape index (κ2) is 9.01. The maximum Gasteiger partial charge on any atom is 0.306 e. The molecule has 2 aliphatic carbocycles. The van der Waals surface area contributed by atoms with Crippen LogP contribution in [0.15, 0.2) is 48.0 Å². The van der Waals surface area contributed by atoms with Gasteiger partial charge in [0.25, 0.3) is 11.8 Å². The van der Waals surface area contributed by atoms with E-state index in [9.17, 15) is 24.3 Å². The van der Waals surface area contributed by atoms with Gasteiger partial charge in [0.05, 0.1) is 17.0 Å². The zero-order valence-corrected chi connectivity index (χ0v) is 19.0. The van der Waals surface area contributed by atoms with Crippen molar-refractivity contribution in [3.8, 4) is 0 Å². The van der Waals surface area contributed by atoms with E-state index in [0.717, 1.165) is 19.3 Å². The lowest BCUT2D eigenvalue weighted by Gasteiger charge is -2.16. The lowest BCUT2D eigenvalue weighted by Crippen LogP contribution is -2.31. The van der Waals surface area contributed by atoms with E-state index in [4.69, 9.17) is 0 Å². The number of amides is 2. The number of imide groups is 1. The monoisotopic (exact) mass is 457 g/mol. The molecule has 3 aliphatic rings. The molecule has 0 spiro atoms. The molecule has 0 saturated carbocycles. The first-order valence-corrected chi connectivity index (χ1v) is 12.0. The number of fused-ring (bicyclic) bond motifs is 3. The van der Waals surface area contributed by atoms with Crippen LogP contribution in [0.5, 0.6) is 0 Å². The Labute approximate surface area is 198 Å². The fourth-order valence-electron chi connectivity index (χ4n) is 5.52. The van der Waals surface area contributed by atoms with Gasteiger partial charge in [0.15, 0.2) is 5.78 Å². The molecule has 0 saturated heterocycles. The zero-order chi connectivity index (χ0) is 23.8. The number of Topliss-reactive ketones (excluding diaryl/α,β-unsaturated/α-hetero) is 1. The molecule has 0 fully saturated rings. The second-order valence-corrected chi connectivity index (χ2v) is 9.45. The van der Waals surface area contributed by atoms with Crippen LogP contribution in [-0.2, 0) is 11.2 Å². The molecule has 6 nitrogen and oxygen atoms in total. The van der Waals surface area contributed by atoms with Gasteiger partial charge in [-0.25, -0.2) is 0 Å². The maximum absolute atomic E-state index is 13.0. The number of nitrogens with zero attached hydrogens (tertiary/aromatic N) is 1. The van der Waals surface area contributed by atoms with E-state index in [1.165, 1.54) is 40.0 Å². The van der Waals surface area contributed by atoms with Gasteiger partial charge < -0.3 is 5.11 Å². The van der Waals surface area contributed by atoms with Crippen LogP contribution < -0.4 is 0 Å². The molecular formula is C28H27NO5. The first-order valence-electron chi connectivity index (χ1n) is 12.0. The van der Waals surface area contributed by atoms with E-state index < -0.39 is 11.9 Å². The number of ketones is 1. The van der Waals surface area contributed by atoms with E-state index in [0.29, 0.717) is 23.1 Å².